The van der Waals surface area contributed by atoms with Crippen LogP contribution in [-0.2, 0) is 4.79 Å². The molecular weight excluding hydrogens is 214 g/mol. The first-order chi connectivity index (χ1) is 7.27. The molecule has 0 heterocycles. The lowest BCUT2D eigenvalue weighted by molar-refractivity contribution is -0.136. The fourth-order valence-corrected chi connectivity index (χ4v) is 2.20. The molecule has 2 nitrogen and oxygen atoms in total. The number of aliphatic carboxylic acids is 1. The highest BCUT2D eigenvalue weighted by Gasteiger charge is 1.96. The van der Waals surface area contributed by atoms with Crippen LogP contribution in [0.4, 0.5) is 4.39 Å². The van der Waals surface area contributed by atoms with E-state index in [1.807, 2.05) is 0 Å². The number of carbonyl (C=O) groups is 1. The molecule has 0 saturated carbocycles. The SMILES string of the molecule is O=C(O)CCSCCCCCCCC[18F]. The Bertz CT molecular complexity index is 154. The van der Waals surface area contributed by atoms with E-state index in [1.165, 1.54) is 12.8 Å². The molecule has 0 unspecified atom stereocenters. The Kier molecular flexibility index (Phi) is 11.6. The van der Waals surface area contributed by atoms with Crippen molar-refractivity contribution in [2.75, 3.05) is 18.2 Å². The van der Waals surface area contributed by atoms with Crippen LogP contribution in [0.3, 0.4) is 0 Å². The molecule has 0 spiro atoms. The third-order valence-electron chi connectivity index (χ3n) is 2.13. The van der Waals surface area contributed by atoms with E-state index in [9.17, 15) is 9.18 Å². The van der Waals surface area contributed by atoms with Crippen LogP contribution in [0.5, 0.6) is 0 Å². The van der Waals surface area contributed by atoms with Crippen LogP contribution in [-0.4, -0.2) is 29.3 Å². The summed E-state index contributed by atoms with van der Waals surface area (Å²) in [5.74, 6) is 1.06. The van der Waals surface area contributed by atoms with Crippen molar-refractivity contribution in [2.45, 2.75) is 44.9 Å². The number of alkyl halides is 1. The predicted octanol–water partition coefficient (Wildman–Crippen LogP) is 3.50. The molecule has 90 valence electrons. The van der Waals surface area contributed by atoms with Gasteiger partial charge in [0.1, 0.15) is 0 Å². The third-order valence-corrected chi connectivity index (χ3v) is 3.20. The van der Waals surface area contributed by atoms with Gasteiger partial charge in [0.25, 0.3) is 0 Å². The van der Waals surface area contributed by atoms with Crippen molar-refractivity contribution < 1.29 is 14.3 Å². The van der Waals surface area contributed by atoms with E-state index < -0.39 is 5.97 Å². The molecule has 0 aromatic carbocycles. The highest BCUT2D eigenvalue weighted by Crippen LogP contribution is 2.10. The monoisotopic (exact) mass is 235 g/mol. The summed E-state index contributed by atoms with van der Waals surface area (Å²) in [4.78, 5) is 10.2. The molecule has 0 aliphatic carbocycles. The van der Waals surface area contributed by atoms with Crippen molar-refractivity contribution in [3.63, 3.8) is 0 Å². The number of hydrogen-bond donors (Lipinski definition) is 1. The summed E-state index contributed by atoms with van der Waals surface area (Å²) in [6.07, 6.45) is 6.62. The van der Waals surface area contributed by atoms with Gasteiger partial charge >= 0.3 is 5.97 Å². The molecule has 0 aromatic heterocycles. The van der Waals surface area contributed by atoms with Gasteiger partial charge in [-0.1, -0.05) is 25.7 Å². The van der Waals surface area contributed by atoms with Gasteiger partial charge in [-0.3, -0.25) is 9.18 Å². The maximum absolute atomic E-state index is 11.7. The van der Waals surface area contributed by atoms with Crippen LogP contribution < -0.4 is 0 Å². The molecule has 0 radical (unpaired) electrons. The van der Waals surface area contributed by atoms with Crippen molar-refractivity contribution >= 4 is 17.7 Å². The van der Waals surface area contributed by atoms with Gasteiger partial charge in [-0.25, -0.2) is 0 Å². The zero-order chi connectivity index (χ0) is 11.4. The molecule has 0 amide bonds. The quantitative estimate of drug-likeness (QED) is 0.557. The van der Waals surface area contributed by atoms with Crippen LogP contribution in [0, 0.1) is 0 Å². The highest BCUT2D eigenvalue weighted by molar-refractivity contribution is 7.99. The van der Waals surface area contributed by atoms with E-state index in [0.717, 1.165) is 30.8 Å². The second-order valence-corrected chi connectivity index (χ2v) is 4.79. The Morgan fingerprint density at radius 2 is 1.60 bits per heavy atom. The maximum Gasteiger partial charge on any atom is 0.304 e. The number of carboxylic acids is 1. The molecular formula is C11H21FO2S. The molecule has 0 aromatic rings. The third kappa shape index (κ3) is 13.8. The summed E-state index contributed by atoms with van der Waals surface area (Å²) in [5.41, 5.74) is 0. The molecule has 0 aliphatic rings. The second-order valence-electron chi connectivity index (χ2n) is 3.57. The van der Waals surface area contributed by atoms with Crippen LogP contribution >= 0.6 is 11.8 Å². The Labute approximate surface area is 95.6 Å². The topological polar surface area (TPSA) is 37.3 Å². The number of halogens is 1. The van der Waals surface area contributed by atoms with Crippen LogP contribution in [0.25, 0.3) is 0 Å². The van der Waals surface area contributed by atoms with E-state index in [4.69, 9.17) is 5.11 Å². The molecule has 4 heteroatoms. The first kappa shape index (κ1) is 14.8. The lowest BCUT2D eigenvalue weighted by atomic mass is 10.1. The van der Waals surface area contributed by atoms with Crippen molar-refractivity contribution in [3.8, 4) is 0 Å². The summed E-state index contributed by atoms with van der Waals surface area (Å²) in [7, 11) is 0. The van der Waals surface area contributed by atoms with E-state index in [1.54, 1.807) is 11.8 Å². The first-order valence-corrected chi connectivity index (χ1v) is 6.78. The van der Waals surface area contributed by atoms with Gasteiger partial charge < -0.3 is 5.11 Å². The van der Waals surface area contributed by atoms with E-state index in [-0.39, 0.29) is 13.1 Å². The van der Waals surface area contributed by atoms with E-state index in [2.05, 4.69) is 0 Å². The van der Waals surface area contributed by atoms with Gasteiger partial charge in [-0.05, 0) is 18.6 Å². The largest absolute Gasteiger partial charge is 0.481 e. The number of unbranched alkanes of at least 4 members (excludes halogenated alkanes) is 5. The molecule has 0 saturated heterocycles. The van der Waals surface area contributed by atoms with Crippen molar-refractivity contribution in [1.82, 2.24) is 0 Å². The Morgan fingerprint density at radius 3 is 2.20 bits per heavy atom. The molecule has 15 heavy (non-hydrogen) atoms. The zero-order valence-corrected chi connectivity index (χ0v) is 10.0. The average Bonchev–Trinajstić information content (AvgIpc) is 2.20. The Morgan fingerprint density at radius 1 is 1.00 bits per heavy atom. The number of hydrogen-bond acceptors (Lipinski definition) is 2. The van der Waals surface area contributed by atoms with Crippen molar-refractivity contribution in [1.29, 1.82) is 0 Å². The maximum atomic E-state index is 11.7. The van der Waals surface area contributed by atoms with Crippen molar-refractivity contribution in [3.05, 3.63) is 0 Å². The van der Waals surface area contributed by atoms with E-state index in [0.29, 0.717) is 6.42 Å². The summed E-state index contributed by atoms with van der Waals surface area (Å²) in [6, 6.07) is 0. The summed E-state index contributed by atoms with van der Waals surface area (Å²) in [5, 5.41) is 8.39. The molecule has 0 bridgehead atoms. The Hall–Kier alpha value is -0.250. The lowest BCUT2D eigenvalue weighted by Gasteiger charge is -2.00. The fraction of sp³-hybridized carbons (Fsp3) is 0.909. The number of thioether (sulfide) groups is 1. The van der Waals surface area contributed by atoms with Crippen LogP contribution in [0.2, 0.25) is 0 Å². The smallest absolute Gasteiger partial charge is 0.304 e. The minimum atomic E-state index is -0.714. The summed E-state index contributed by atoms with van der Waals surface area (Å²) in [6.45, 7) is -0.189. The molecule has 0 atom stereocenters. The highest BCUT2D eigenvalue weighted by atomic mass is 32.2. The van der Waals surface area contributed by atoms with Gasteiger partial charge in [-0.15, -0.1) is 0 Å². The van der Waals surface area contributed by atoms with Crippen LogP contribution in [0.15, 0.2) is 0 Å². The minimum absolute atomic E-state index is 0.189. The minimum Gasteiger partial charge on any atom is -0.481 e. The van der Waals surface area contributed by atoms with Crippen molar-refractivity contribution in [2.24, 2.45) is 0 Å². The van der Waals surface area contributed by atoms with Gasteiger partial charge in [0.2, 0.25) is 0 Å². The normalized spacial score (nSPS) is 10.5. The number of carboxylic acid groups (broad SMARTS) is 1. The average molecular weight is 235 g/mol. The second kappa shape index (κ2) is 11.8. The van der Waals surface area contributed by atoms with E-state index >= 15 is 0 Å². The first-order valence-electron chi connectivity index (χ1n) is 5.63. The molecule has 0 fully saturated rings. The molecule has 0 aliphatic heterocycles. The standard InChI is InChI=1S/C11H21FO2S/c12-8-5-3-1-2-4-6-9-15-10-7-11(13)14/h1-10H2,(H,13,14)/i12-1. The van der Waals surface area contributed by atoms with Gasteiger partial charge in [0.05, 0.1) is 13.1 Å². The summed E-state index contributed by atoms with van der Waals surface area (Å²) >= 11 is 1.71. The Balaban J connectivity index is 2.89. The predicted molar refractivity (Wildman–Crippen MR) is 63.3 cm³/mol. The van der Waals surface area contributed by atoms with Gasteiger partial charge in [0, 0.05) is 5.75 Å². The number of rotatable bonds is 11. The van der Waals surface area contributed by atoms with Gasteiger partial charge in [0.15, 0.2) is 0 Å². The molecule has 1 N–H and O–H groups in total. The van der Waals surface area contributed by atoms with Gasteiger partial charge in [-0.2, -0.15) is 11.8 Å². The van der Waals surface area contributed by atoms with Crippen LogP contribution in [0.1, 0.15) is 44.9 Å². The zero-order valence-electron chi connectivity index (χ0n) is 9.21. The fourth-order valence-electron chi connectivity index (χ4n) is 1.27. The molecule has 0 rings (SSSR count). The lowest BCUT2D eigenvalue weighted by Crippen LogP contribution is -1.96. The summed E-state index contributed by atoms with van der Waals surface area (Å²) < 4.78 is 11.7.